The van der Waals surface area contributed by atoms with E-state index < -0.39 is 31.4 Å². The van der Waals surface area contributed by atoms with Gasteiger partial charge in [-0.1, -0.05) is 19.3 Å². The highest BCUT2D eigenvalue weighted by atomic mass is 32.1. The van der Waals surface area contributed by atoms with Crippen LogP contribution >= 0.6 is 12.6 Å². The van der Waals surface area contributed by atoms with E-state index in [-0.39, 0.29) is 0 Å². The molecule has 0 saturated carbocycles. The Balaban J connectivity index is 3.86. The van der Waals surface area contributed by atoms with Crippen LogP contribution in [-0.4, -0.2) is 64.2 Å². The first-order valence-electron chi connectivity index (χ1n) is 7.06. The van der Waals surface area contributed by atoms with Crippen LogP contribution in [0.15, 0.2) is 0 Å². The van der Waals surface area contributed by atoms with Gasteiger partial charge >= 0.3 is 0 Å². The SMILES string of the molecule is C[C@@H](O)C(CO)OC(OCCCCCCCS)C(O)O. The lowest BCUT2D eigenvalue weighted by Gasteiger charge is -2.26. The molecule has 0 aromatic carbocycles. The first-order chi connectivity index (χ1) is 9.52. The first-order valence-corrected chi connectivity index (χ1v) is 7.69. The lowest BCUT2D eigenvalue weighted by Crippen LogP contribution is -2.41. The summed E-state index contributed by atoms with van der Waals surface area (Å²) in [4.78, 5) is 0. The number of aliphatic hydroxyl groups excluding tert-OH is 3. The van der Waals surface area contributed by atoms with E-state index in [1.54, 1.807) is 0 Å². The molecule has 20 heavy (non-hydrogen) atoms. The van der Waals surface area contributed by atoms with Gasteiger partial charge in [0.2, 0.25) is 12.6 Å². The van der Waals surface area contributed by atoms with Crippen LogP contribution in [0, 0.1) is 0 Å². The molecule has 0 fully saturated rings. The van der Waals surface area contributed by atoms with Crippen LogP contribution in [0.4, 0.5) is 0 Å². The molecule has 6 nitrogen and oxygen atoms in total. The molecule has 0 amide bonds. The molecular weight excluding hydrogens is 284 g/mol. The number of thiol groups is 1. The van der Waals surface area contributed by atoms with Crippen molar-refractivity contribution >= 4 is 12.6 Å². The van der Waals surface area contributed by atoms with Gasteiger partial charge in [0, 0.05) is 6.61 Å². The van der Waals surface area contributed by atoms with Gasteiger partial charge in [0.1, 0.15) is 6.10 Å². The Bertz CT molecular complexity index is 215. The Morgan fingerprint density at radius 2 is 1.60 bits per heavy atom. The molecule has 122 valence electrons. The Kier molecular flexibility index (Phi) is 12.9. The van der Waals surface area contributed by atoms with Gasteiger partial charge in [-0.05, 0) is 25.5 Å². The van der Waals surface area contributed by atoms with Gasteiger partial charge in [0.05, 0.1) is 12.7 Å². The summed E-state index contributed by atoms with van der Waals surface area (Å²) >= 11 is 4.13. The van der Waals surface area contributed by atoms with Crippen molar-refractivity contribution in [3.8, 4) is 0 Å². The van der Waals surface area contributed by atoms with Crippen LogP contribution in [0.1, 0.15) is 39.0 Å². The highest BCUT2D eigenvalue weighted by molar-refractivity contribution is 7.80. The van der Waals surface area contributed by atoms with Gasteiger partial charge in [-0.15, -0.1) is 0 Å². The third-order valence-corrected chi connectivity index (χ3v) is 3.17. The highest BCUT2D eigenvalue weighted by Crippen LogP contribution is 2.10. The summed E-state index contributed by atoms with van der Waals surface area (Å²) in [5.41, 5.74) is 0. The lowest BCUT2D eigenvalue weighted by molar-refractivity contribution is -0.280. The Morgan fingerprint density at radius 1 is 1.00 bits per heavy atom. The zero-order valence-electron chi connectivity index (χ0n) is 12.0. The Hall–Kier alpha value is 0.110. The van der Waals surface area contributed by atoms with Crippen LogP contribution in [-0.2, 0) is 9.47 Å². The van der Waals surface area contributed by atoms with E-state index in [1.807, 2.05) is 0 Å². The van der Waals surface area contributed by atoms with Gasteiger partial charge in [0.25, 0.3) is 0 Å². The smallest absolute Gasteiger partial charge is 0.209 e. The molecule has 0 aromatic rings. The van der Waals surface area contributed by atoms with Crippen LogP contribution in [0.5, 0.6) is 0 Å². The summed E-state index contributed by atoms with van der Waals surface area (Å²) < 4.78 is 10.4. The lowest BCUT2D eigenvalue weighted by atomic mass is 10.2. The molecule has 0 aliphatic rings. The molecule has 7 heteroatoms. The minimum absolute atomic E-state index is 0.334. The second-order valence-electron chi connectivity index (χ2n) is 4.74. The average molecular weight is 312 g/mol. The van der Waals surface area contributed by atoms with Crippen molar-refractivity contribution in [2.24, 2.45) is 0 Å². The van der Waals surface area contributed by atoms with Crippen LogP contribution in [0.25, 0.3) is 0 Å². The molecule has 0 aliphatic carbocycles. The van der Waals surface area contributed by atoms with Crippen LogP contribution in [0.2, 0.25) is 0 Å². The predicted molar refractivity (Wildman–Crippen MR) is 78.5 cm³/mol. The van der Waals surface area contributed by atoms with Crippen molar-refractivity contribution in [2.45, 2.75) is 63.8 Å². The van der Waals surface area contributed by atoms with Crippen molar-refractivity contribution in [3.05, 3.63) is 0 Å². The maximum Gasteiger partial charge on any atom is 0.209 e. The third kappa shape index (κ3) is 9.93. The van der Waals surface area contributed by atoms with E-state index in [4.69, 9.17) is 24.8 Å². The van der Waals surface area contributed by atoms with E-state index in [2.05, 4.69) is 12.6 Å². The fourth-order valence-corrected chi connectivity index (χ4v) is 1.84. The number of hydrogen-bond donors (Lipinski definition) is 5. The molecule has 2 unspecified atom stereocenters. The maximum atomic E-state index is 9.32. The summed E-state index contributed by atoms with van der Waals surface area (Å²) in [5, 5.41) is 36.6. The van der Waals surface area contributed by atoms with Gasteiger partial charge in [0.15, 0.2) is 0 Å². The van der Waals surface area contributed by atoms with Crippen molar-refractivity contribution in [2.75, 3.05) is 19.0 Å². The van der Waals surface area contributed by atoms with E-state index in [9.17, 15) is 5.11 Å². The standard InChI is InChI=1S/C13H28O6S/c1-10(15)11(9-14)19-13(12(16)17)18-7-5-3-2-4-6-8-20/h10-17,20H,2-9H2,1H3/t10-,11?,13?/m1/s1. The molecule has 0 rings (SSSR count). The number of hydrogen-bond acceptors (Lipinski definition) is 7. The summed E-state index contributed by atoms with van der Waals surface area (Å²) in [5.74, 6) is 0.894. The Labute approximate surface area is 126 Å². The highest BCUT2D eigenvalue weighted by Gasteiger charge is 2.25. The molecule has 0 bridgehead atoms. The van der Waals surface area contributed by atoms with Crippen molar-refractivity contribution in [1.29, 1.82) is 0 Å². The number of unbranched alkanes of at least 4 members (excludes halogenated alkanes) is 4. The molecule has 3 atom stereocenters. The third-order valence-electron chi connectivity index (χ3n) is 2.85. The summed E-state index contributed by atoms with van der Waals surface area (Å²) in [6.45, 7) is 1.36. The van der Waals surface area contributed by atoms with Gasteiger partial charge in [-0.25, -0.2) is 0 Å². The van der Waals surface area contributed by atoms with Crippen molar-refractivity contribution < 1.29 is 29.9 Å². The Morgan fingerprint density at radius 3 is 2.10 bits per heavy atom. The number of aliphatic hydroxyl groups is 4. The molecule has 0 aromatic heterocycles. The van der Waals surface area contributed by atoms with Crippen molar-refractivity contribution in [1.82, 2.24) is 0 Å². The normalized spacial score (nSPS) is 16.4. The van der Waals surface area contributed by atoms with Crippen LogP contribution in [0.3, 0.4) is 0 Å². The quantitative estimate of drug-likeness (QED) is 0.190. The van der Waals surface area contributed by atoms with E-state index in [0.29, 0.717) is 6.61 Å². The van der Waals surface area contributed by atoms with Gasteiger partial charge in [-0.3, -0.25) is 0 Å². The molecular formula is C13H28O6S. The fraction of sp³-hybridized carbons (Fsp3) is 1.00. The minimum Gasteiger partial charge on any atom is -0.394 e. The second kappa shape index (κ2) is 12.8. The summed E-state index contributed by atoms with van der Waals surface area (Å²) in [6, 6.07) is 0. The largest absolute Gasteiger partial charge is 0.394 e. The predicted octanol–water partition coefficient (Wildman–Crippen LogP) is 0.278. The number of rotatable bonds is 13. The molecule has 0 aliphatic heterocycles. The first kappa shape index (κ1) is 20.1. The molecule has 0 heterocycles. The molecule has 0 spiro atoms. The monoisotopic (exact) mass is 312 g/mol. The average Bonchev–Trinajstić information content (AvgIpc) is 2.40. The van der Waals surface area contributed by atoms with E-state index >= 15 is 0 Å². The van der Waals surface area contributed by atoms with Gasteiger partial charge in [-0.2, -0.15) is 12.6 Å². The number of ether oxygens (including phenoxy) is 2. The van der Waals surface area contributed by atoms with E-state index in [1.165, 1.54) is 6.92 Å². The molecule has 4 N–H and O–H groups in total. The summed E-state index contributed by atoms with van der Waals surface area (Å²) in [6.07, 6.45) is 0.177. The van der Waals surface area contributed by atoms with E-state index in [0.717, 1.165) is 37.9 Å². The zero-order valence-corrected chi connectivity index (χ0v) is 12.9. The van der Waals surface area contributed by atoms with Crippen molar-refractivity contribution in [3.63, 3.8) is 0 Å². The summed E-state index contributed by atoms with van der Waals surface area (Å²) in [7, 11) is 0. The molecule has 0 saturated heterocycles. The van der Waals surface area contributed by atoms with Gasteiger partial charge < -0.3 is 29.9 Å². The maximum absolute atomic E-state index is 9.32. The minimum atomic E-state index is -1.81. The second-order valence-corrected chi connectivity index (χ2v) is 5.19. The topological polar surface area (TPSA) is 99.4 Å². The fourth-order valence-electron chi connectivity index (χ4n) is 1.62. The van der Waals surface area contributed by atoms with Crippen LogP contribution < -0.4 is 0 Å². The zero-order chi connectivity index (χ0) is 15.4. The molecule has 0 radical (unpaired) electrons.